The number of benzene rings is 1. The predicted octanol–water partition coefficient (Wildman–Crippen LogP) is 2.93. The molecule has 0 saturated heterocycles. The average Bonchev–Trinajstić information content (AvgIpc) is 2.92. The lowest BCUT2D eigenvalue weighted by Crippen LogP contribution is -2.00. The zero-order valence-corrected chi connectivity index (χ0v) is 7.72. The molecule has 0 radical (unpaired) electrons. The summed E-state index contributed by atoms with van der Waals surface area (Å²) in [7, 11) is 0. The summed E-state index contributed by atoms with van der Waals surface area (Å²) in [6.07, 6.45) is 3.11. The van der Waals surface area contributed by atoms with Gasteiger partial charge in [0.25, 0.3) is 0 Å². The first-order valence-corrected chi connectivity index (χ1v) is 4.75. The summed E-state index contributed by atoms with van der Waals surface area (Å²) in [6.45, 7) is 1.94. The summed E-state index contributed by atoms with van der Waals surface area (Å²) in [4.78, 5) is 0. The van der Waals surface area contributed by atoms with Crippen LogP contribution >= 0.6 is 0 Å². The van der Waals surface area contributed by atoms with E-state index in [1.165, 1.54) is 0 Å². The van der Waals surface area contributed by atoms with Crippen molar-refractivity contribution in [1.29, 1.82) is 0 Å². The molecule has 1 fully saturated rings. The van der Waals surface area contributed by atoms with Gasteiger partial charge in [-0.3, -0.25) is 0 Å². The molecule has 0 unspecified atom stereocenters. The fourth-order valence-corrected chi connectivity index (χ4v) is 1.29. The molecule has 1 aromatic carbocycles. The van der Waals surface area contributed by atoms with Crippen LogP contribution < -0.4 is 4.74 Å². The molecule has 13 heavy (non-hydrogen) atoms. The molecule has 0 aromatic heterocycles. The van der Waals surface area contributed by atoms with E-state index in [0.717, 1.165) is 18.4 Å². The Morgan fingerprint density at radius 2 is 2.23 bits per heavy atom. The largest absolute Gasteiger partial charge is 0.487 e. The van der Waals surface area contributed by atoms with Crippen molar-refractivity contribution in [1.82, 2.24) is 0 Å². The first-order chi connectivity index (χ1) is 6.31. The van der Waals surface area contributed by atoms with E-state index in [-0.39, 0.29) is 11.9 Å². The quantitative estimate of drug-likeness (QED) is 0.695. The maximum Gasteiger partial charge on any atom is 0.168 e. The van der Waals surface area contributed by atoms with Crippen molar-refractivity contribution in [2.75, 3.05) is 0 Å². The molecular weight excluding hydrogens is 167 g/mol. The lowest BCUT2D eigenvalue weighted by molar-refractivity contribution is 0.286. The normalized spacial score (nSPS) is 15.8. The predicted molar refractivity (Wildman–Crippen MR) is 49.4 cm³/mol. The number of hydrogen-bond donors (Lipinski definition) is 0. The van der Waals surface area contributed by atoms with Gasteiger partial charge in [-0.05, 0) is 30.9 Å². The van der Waals surface area contributed by atoms with Crippen molar-refractivity contribution >= 4 is 0 Å². The fraction of sp³-hybridized carbons (Fsp3) is 0.455. The van der Waals surface area contributed by atoms with Gasteiger partial charge in [0.05, 0.1) is 6.10 Å². The van der Waals surface area contributed by atoms with Crippen LogP contribution in [0.4, 0.5) is 4.39 Å². The number of aryl methyl sites for hydroxylation is 1. The van der Waals surface area contributed by atoms with Gasteiger partial charge < -0.3 is 4.74 Å². The van der Waals surface area contributed by atoms with E-state index in [1.807, 2.05) is 13.0 Å². The highest BCUT2D eigenvalue weighted by Crippen LogP contribution is 2.29. The van der Waals surface area contributed by atoms with Crippen LogP contribution in [-0.2, 0) is 6.42 Å². The van der Waals surface area contributed by atoms with Gasteiger partial charge in [0.2, 0.25) is 0 Å². The van der Waals surface area contributed by atoms with Crippen molar-refractivity contribution in [2.24, 2.45) is 0 Å². The van der Waals surface area contributed by atoms with Gasteiger partial charge >= 0.3 is 0 Å². The Morgan fingerprint density at radius 3 is 2.85 bits per heavy atom. The van der Waals surface area contributed by atoms with Crippen molar-refractivity contribution in [2.45, 2.75) is 32.3 Å². The van der Waals surface area contributed by atoms with Crippen LogP contribution in [0.2, 0.25) is 0 Å². The van der Waals surface area contributed by atoms with E-state index in [4.69, 9.17) is 4.74 Å². The second-order valence-electron chi connectivity index (χ2n) is 3.40. The highest BCUT2D eigenvalue weighted by molar-refractivity contribution is 5.31. The Hall–Kier alpha value is -1.05. The molecule has 0 aliphatic heterocycles. The third-order valence-electron chi connectivity index (χ3n) is 2.24. The number of hydrogen-bond acceptors (Lipinski definition) is 1. The molecule has 0 bridgehead atoms. The summed E-state index contributed by atoms with van der Waals surface area (Å²) in [6, 6.07) is 5.35. The van der Waals surface area contributed by atoms with Gasteiger partial charge in [-0.15, -0.1) is 0 Å². The van der Waals surface area contributed by atoms with Gasteiger partial charge in [-0.25, -0.2) is 4.39 Å². The molecule has 1 aliphatic rings. The van der Waals surface area contributed by atoms with E-state index in [1.54, 1.807) is 12.1 Å². The van der Waals surface area contributed by atoms with Crippen molar-refractivity contribution in [3.63, 3.8) is 0 Å². The summed E-state index contributed by atoms with van der Waals surface area (Å²) >= 11 is 0. The maximum atomic E-state index is 13.5. The number of ether oxygens (including phenoxy) is 1. The van der Waals surface area contributed by atoms with Gasteiger partial charge in [0, 0.05) is 0 Å². The Balaban J connectivity index is 2.22. The van der Waals surface area contributed by atoms with Gasteiger partial charge in [0.15, 0.2) is 11.6 Å². The monoisotopic (exact) mass is 180 g/mol. The van der Waals surface area contributed by atoms with E-state index in [2.05, 4.69) is 0 Å². The second-order valence-corrected chi connectivity index (χ2v) is 3.40. The Kier molecular flexibility index (Phi) is 2.21. The third kappa shape index (κ3) is 1.82. The minimum absolute atomic E-state index is 0.183. The third-order valence-corrected chi connectivity index (χ3v) is 2.24. The van der Waals surface area contributed by atoms with E-state index < -0.39 is 0 Å². The first kappa shape index (κ1) is 8.54. The zero-order chi connectivity index (χ0) is 9.26. The minimum atomic E-state index is -0.183. The van der Waals surface area contributed by atoms with Crippen molar-refractivity contribution in [3.8, 4) is 5.75 Å². The smallest absolute Gasteiger partial charge is 0.168 e. The molecule has 0 N–H and O–H groups in total. The molecule has 1 nitrogen and oxygen atoms in total. The van der Waals surface area contributed by atoms with Crippen LogP contribution in [0.25, 0.3) is 0 Å². The topological polar surface area (TPSA) is 9.23 Å². The fourth-order valence-electron chi connectivity index (χ4n) is 1.29. The molecule has 0 atom stereocenters. The molecule has 70 valence electrons. The lowest BCUT2D eigenvalue weighted by Gasteiger charge is -2.07. The number of halogens is 1. The highest BCUT2D eigenvalue weighted by atomic mass is 19.1. The van der Waals surface area contributed by atoms with Gasteiger partial charge in [0.1, 0.15) is 0 Å². The molecular formula is C11H13FO. The Labute approximate surface area is 77.5 Å². The summed E-state index contributed by atoms with van der Waals surface area (Å²) in [5, 5.41) is 0. The standard InChI is InChI=1S/C11H13FO/c1-2-8-4-3-5-10(11(8)12)13-9-6-7-9/h3-5,9H,2,6-7H2,1H3. The molecule has 0 heterocycles. The first-order valence-electron chi connectivity index (χ1n) is 4.75. The summed E-state index contributed by atoms with van der Waals surface area (Å²) in [5.74, 6) is 0.235. The van der Waals surface area contributed by atoms with Crippen LogP contribution in [0.3, 0.4) is 0 Å². The molecule has 2 heteroatoms. The van der Waals surface area contributed by atoms with Crippen molar-refractivity contribution < 1.29 is 9.13 Å². The van der Waals surface area contributed by atoms with Gasteiger partial charge in [-0.1, -0.05) is 19.1 Å². The van der Waals surface area contributed by atoms with E-state index >= 15 is 0 Å². The lowest BCUT2D eigenvalue weighted by atomic mass is 10.1. The minimum Gasteiger partial charge on any atom is -0.487 e. The van der Waals surface area contributed by atoms with E-state index in [9.17, 15) is 4.39 Å². The molecule has 0 amide bonds. The number of rotatable bonds is 3. The maximum absolute atomic E-state index is 13.5. The molecule has 1 aliphatic carbocycles. The van der Waals surface area contributed by atoms with Crippen LogP contribution in [0, 0.1) is 5.82 Å². The summed E-state index contributed by atoms with van der Waals surface area (Å²) in [5.41, 5.74) is 0.734. The molecule has 0 spiro atoms. The average molecular weight is 180 g/mol. The van der Waals surface area contributed by atoms with E-state index in [0.29, 0.717) is 12.2 Å². The zero-order valence-electron chi connectivity index (χ0n) is 7.72. The Bertz CT molecular complexity index is 305. The van der Waals surface area contributed by atoms with Crippen LogP contribution in [0.15, 0.2) is 18.2 Å². The molecule has 2 rings (SSSR count). The highest BCUT2D eigenvalue weighted by Gasteiger charge is 2.24. The van der Waals surface area contributed by atoms with Crippen LogP contribution in [0.5, 0.6) is 5.75 Å². The van der Waals surface area contributed by atoms with Crippen molar-refractivity contribution in [3.05, 3.63) is 29.6 Å². The summed E-state index contributed by atoms with van der Waals surface area (Å²) < 4.78 is 19.0. The van der Waals surface area contributed by atoms with Gasteiger partial charge in [-0.2, -0.15) is 0 Å². The van der Waals surface area contributed by atoms with Crippen LogP contribution in [-0.4, -0.2) is 6.10 Å². The molecule has 1 aromatic rings. The molecule has 1 saturated carbocycles. The second kappa shape index (κ2) is 3.36. The Morgan fingerprint density at radius 1 is 1.46 bits per heavy atom. The SMILES string of the molecule is CCc1cccc(OC2CC2)c1F. The van der Waals surface area contributed by atoms with Crippen LogP contribution in [0.1, 0.15) is 25.3 Å².